The smallest absolute Gasteiger partial charge is 0.338 e. The number of esters is 1. The third-order valence-electron chi connectivity index (χ3n) is 5.08. The normalized spacial score (nSPS) is 10.9. The molecule has 0 fully saturated rings. The third kappa shape index (κ3) is 6.90. The lowest BCUT2D eigenvalue weighted by molar-refractivity contribution is -0.113. The van der Waals surface area contributed by atoms with Crippen LogP contribution < -0.4 is 5.32 Å². The Morgan fingerprint density at radius 2 is 1.73 bits per heavy atom. The van der Waals surface area contributed by atoms with Crippen molar-refractivity contribution in [1.82, 2.24) is 19.7 Å². The van der Waals surface area contributed by atoms with Crippen molar-refractivity contribution in [2.75, 3.05) is 37.3 Å². The van der Waals surface area contributed by atoms with Gasteiger partial charge in [0.25, 0.3) is 0 Å². The summed E-state index contributed by atoms with van der Waals surface area (Å²) in [6.45, 7) is 8.93. The summed E-state index contributed by atoms with van der Waals surface area (Å²) < 4.78 is 7.25. The van der Waals surface area contributed by atoms with Crippen LogP contribution in [0.25, 0.3) is 5.69 Å². The van der Waals surface area contributed by atoms with Gasteiger partial charge in [0.15, 0.2) is 5.16 Å². The summed E-state index contributed by atoms with van der Waals surface area (Å²) >= 11 is 1.31. The average molecular weight is 468 g/mol. The van der Waals surface area contributed by atoms with Crippen LogP contribution in [0.2, 0.25) is 0 Å². The van der Waals surface area contributed by atoms with Crippen LogP contribution in [-0.2, 0) is 9.53 Å². The quantitative estimate of drug-likeness (QED) is 0.339. The lowest BCUT2D eigenvalue weighted by atomic mass is 10.2. The Kier molecular flexibility index (Phi) is 9.03. The number of ether oxygens (including phenoxy) is 1. The molecule has 3 rings (SSSR count). The molecule has 174 valence electrons. The van der Waals surface area contributed by atoms with Gasteiger partial charge >= 0.3 is 5.97 Å². The van der Waals surface area contributed by atoms with E-state index in [0.717, 1.165) is 24.6 Å². The number of hydrogen-bond acceptors (Lipinski definition) is 7. The van der Waals surface area contributed by atoms with E-state index < -0.39 is 0 Å². The van der Waals surface area contributed by atoms with E-state index in [9.17, 15) is 9.59 Å². The number of amides is 1. The zero-order valence-electron chi connectivity index (χ0n) is 19.2. The van der Waals surface area contributed by atoms with E-state index in [1.54, 1.807) is 24.3 Å². The highest BCUT2D eigenvalue weighted by Gasteiger charge is 2.14. The predicted molar refractivity (Wildman–Crippen MR) is 130 cm³/mol. The number of aromatic nitrogens is 3. The number of nitrogens with one attached hydrogen (secondary N) is 1. The highest BCUT2D eigenvalue weighted by Crippen LogP contribution is 2.22. The Bertz CT molecular complexity index is 1050. The van der Waals surface area contributed by atoms with Crippen LogP contribution in [0.15, 0.2) is 59.8 Å². The predicted octanol–water partition coefficient (Wildman–Crippen LogP) is 3.81. The summed E-state index contributed by atoms with van der Waals surface area (Å²) in [6.07, 6.45) is 0. The Morgan fingerprint density at radius 3 is 2.39 bits per heavy atom. The standard InChI is InChI=1S/C24H29N5O3S/c1-4-28(5-2)15-16-32-23(31)19-11-13-20(14-12-19)25-22(30)17-33-24-27-26-18(3)29(24)21-9-7-6-8-10-21/h6-14H,4-5,15-17H2,1-3H3,(H,25,30). The minimum absolute atomic E-state index is 0.171. The molecule has 0 aliphatic carbocycles. The molecular weight excluding hydrogens is 438 g/mol. The molecule has 0 atom stereocenters. The van der Waals surface area contributed by atoms with Gasteiger partial charge in [-0.3, -0.25) is 9.36 Å². The van der Waals surface area contributed by atoms with Crippen molar-refractivity contribution in [2.45, 2.75) is 25.9 Å². The molecule has 1 N–H and O–H groups in total. The maximum atomic E-state index is 12.4. The molecule has 0 saturated heterocycles. The van der Waals surface area contributed by atoms with Crippen LogP contribution in [0, 0.1) is 6.92 Å². The molecule has 9 heteroatoms. The van der Waals surface area contributed by atoms with Gasteiger partial charge in [0.05, 0.1) is 11.3 Å². The largest absolute Gasteiger partial charge is 0.461 e. The minimum Gasteiger partial charge on any atom is -0.461 e. The number of likely N-dealkylation sites (N-methyl/N-ethyl adjacent to an activating group) is 1. The van der Waals surface area contributed by atoms with E-state index in [1.807, 2.05) is 41.8 Å². The summed E-state index contributed by atoms with van der Waals surface area (Å²) in [5.41, 5.74) is 2.01. The summed E-state index contributed by atoms with van der Waals surface area (Å²) in [5.74, 6) is 0.393. The molecule has 8 nitrogen and oxygen atoms in total. The number of thioether (sulfide) groups is 1. The fourth-order valence-electron chi connectivity index (χ4n) is 3.22. The van der Waals surface area contributed by atoms with Gasteiger partial charge in [-0.1, -0.05) is 43.8 Å². The van der Waals surface area contributed by atoms with Gasteiger partial charge in [-0.15, -0.1) is 10.2 Å². The Balaban J connectivity index is 1.50. The van der Waals surface area contributed by atoms with Crippen molar-refractivity contribution >= 4 is 29.3 Å². The maximum absolute atomic E-state index is 12.4. The van der Waals surface area contributed by atoms with E-state index in [4.69, 9.17) is 4.74 Å². The minimum atomic E-state index is -0.369. The van der Waals surface area contributed by atoms with Gasteiger partial charge < -0.3 is 15.0 Å². The number of anilines is 1. The number of carbonyl (C=O) groups is 2. The second kappa shape index (κ2) is 12.2. The number of hydrogen-bond donors (Lipinski definition) is 1. The Hall–Kier alpha value is -3.17. The highest BCUT2D eigenvalue weighted by molar-refractivity contribution is 7.99. The molecule has 33 heavy (non-hydrogen) atoms. The van der Waals surface area contributed by atoms with E-state index in [2.05, 4.69) is 34.3 Å². The van der Waals surface area contributed by atoms with E-state index in [1.165, 1.54) is 11.8 Å². The maximum Gasteiger partial charge on any atom is 0.338 e. The molecule has 0 aliphatic rings. The van der Waals surface area contributed by atoms with Gasteiger partial charge in [-0.25, -0.2) is 4.79 Å². The first-order valence-electron chi connectivity index (χ1n) is 10.9. The average Bonchev–Trinajstić information content (AvgIpc) is 3.21. The monoisotopic (exact) mass is 467 g/mol. The Labute approximate surface area is 198 Å². The lowest BCUT2D eigenvalue weighted by Crippen LogP contribution is -2.27. The molecule has 0 unspecified atom stereocenters. The zero-order valence-corrected chi connectivity index (χ0v) is 20.0. The van der Waals surface area contributed by atoms with Crippen molar-refractivity contribution in [1.29, 1.82) is 0 Å². The number of rotatable bonds is 11. The first kappa shape index (κ1) is 24.5. The van der Waals surface area contributed by atoms with Crippen LogP contribution in [0.1, 0.15) is 30.0 Å². The van der Waals surface area contributed by atoms with Gasteiger partial charge in [-0.2, -0.15) is 0 Å². The van der Waals surface area contributed by atoms with Crippen molar-refractivity contribution < 1.29 is 14.3 Å². The molecule has 0 saturated carbocycles. The van der Waals surface area contributed by atoms with Gasteiger partial charge in [0.2, 0.25) is 5.91 Å². The van der Waals surface area contributed by atoms with E-state index in [0.29, 0.717) is 29.6 Å². The SMILES string of the molecule is CCN(CC)CCOC(=O)c1ccc(NC(=O)CSc2nnc(C)n2-c2ccccc2)cc1. The first-order valence-corrected chi connectivity index (χ1v) is 11.9. The van der Waals surface area contributed by atoms with Crippen molar-refractivity contribution in [3.63, 3.8) is 0 Å². The van der Waals surface area contributed by atoms with Crippen LogP contribution in [0.3, 0.4) is 0 Å². The van der Waals surface area contributed by atoms with Gasteiger partial charge in [-0.05, 0) is 56.4 Å². The van der Waals surface area contributed by atoms with Crippen LogP contribution in [0.4, 0.5) is 5.69 Å². The molecule has 0 spiro atoms. The highest BCUT2D eigenvalue weighted by atomic mass is 32.2. The van der Waals surface area contributed by atoms with Crippen LogP contribution >= 0.6 is 11.8 Å². The first-order chi connectivity index (χ1) is 16.0. The zero-order chi connectivity index (χ0) is 23.6. The third-order valence-corrected chi connectivity index (χ3v) is 6.01. The number of para-hydroxylation sites is 1. The molecule has 1 heterocycles. The molecule has 3 aromatic rings. The number of nitrogens with zero attached hydrogens (tertiary/aromatic N) is 4. The molecule has 1 amide bonds. The Morgan fingerprint density at radius 1 is 1.03 bits per heavy atom. The topological polar surface area (TPSA) is 89.3 Å². The molecule has 0 bridgehead atoms. The van der Waals surface area contributed by atoms with E-state index >= 15 is 0 Å². The number of carbonyl (C=O) groups excluding carboxylic acids is 2. The van der Waals surface area contributed by atoms with Crippen LogP contribution in [0.5, 0.6) is 0 Å². The molecule has 1 aromatic heterocycles. The fraction of sp³-hybridized carbons (Fsp3) is 0.333. The summed E-state index contributed by atoms with van der Waals surface area (Å²) in [7, 11) is 0. The lowest BCUT2D eigenvalue weighted by Gasteiger charge is -2.17. The molecular formula is C24H29N5O3S. The molecule has 0 radical (unpaired) electrons. The summed E-state index contributed by atoms with van der Waals surface area (Å²) in [5, 5.41) is 11.8. The van der Waals surface area contributed by atoms with Gasteiger partial charge in [0, 0.05) is 17.9 Å². The van der Waals surface area contributed by atoms with Crippen molar-refractivity contribution in [3.05, 3.63) is 66.0 Å². The molecule has 2 aromatic carbocycles. The molecule has 0 aliphatic heterocycles. The number of benzene rings is 2. The van der Waals surface area contributed by atoms with Gasteiger partial charge in [0.1, 0.15) is 12.4 Å². The van der Waals surface area contributed by atoms with Crippen molar-refractivity contribution in [3.8, 4) is 5.69 Å². The number of aryl methyl sites for hydroxylation is 1. The van der Waals surface area contributed by atoms with E-state index in [-0.39, 0.29) is 17.6 Å². The van der Waals surface area contributed by atoms with Crippen molar-refractivity contribution in [2.24, 2.45) is 0 Å². The summed E-state index contributed by atoms with van der Waals surface area (Å²) in [6, 6.07) is 16.5. The van der Waals surface area contributed by atoms with Crippen LogP contribution in [-0.4, -0.2) is 63.5 Å². The fourth-order valence-corrected chi connectivity index (χ4v) is 4.02. The second-order valence-electron chi connectivity index (χ2n) is 7.28. The summed E-state index contributed by atoms with van der Waals surface area (Å²) in [4.78, 5) is 26.8. The second-order valence-corrected chi connectivity index (χ2v) is 8.22.